The number of amides is 1. The average molecular weight is 490 g/mol. The molecule has 8 nitrogen and oxygen atoms in total. The molecule has 0 atom stereocenters. The molecule has 2 N–H and O–H groups in total. The molecule has 2 heterocycles. The number of H-pyrrole nitrogens is 1. The maximum absolute atomic E-state index is 13.4. The number of fused-ring (bicyclic) bond motifs is 3. The van der Waals surface area contributed by atoms with Crippen molar-refractivity contribution in [2.45, 2.75) is 37.8 Å². The van der Waals surface area contributed by atoms with Crippen LogP contribution in [0.4, 0.5) is 0 Å². The number of hydrogen-bond donors (Lipinski definition) is 2. The number of esters is 1. The lowest BCUT2D eigenvalue weighted by atomic mass is 10.0. The van der Waals surface area contributed by atoms with E-state index in [4.69, 9.17) is 16.3 Å². The minimum absolute atomic E-state index is 0.0172. The fourth-order valence-corrected chi connectivity index (χ4v) is 5.49. The molecule has 3 aromatic rings. The van der Waals surface area contributed by atoms with Gasteiger partial charge in [-0.25, -0.2) is 17.9 Å². The van der Waals surface area contributed by atoms with Gasteiger partial charge in [-0.2, -0.15) is 0 Å². The summed E-state index contributed by atoms with van der Waals surface area (Å²) in [7, 11) is -2.45. The van der Waals surface area contributed by atoms with E-state index in [0.717, 1.165) is 22.2 Å². The molecule has 1 aliphatic rings. The van der Waals surface area contributed by atoms with E-state index in [2.05, 4.69) is 9.71 Å². The van der Waals surface area contributed by atoms with Crippen LogP contribution in [0.3, 0.4) is 0 Å². The minimum Gasteiger partial charge on any atom is -0.465 e. The molecule has 1 amide bonds. The van der Waals surface area contributed by atoms with Crippen molar-refractivity contribution in [1.29, 1.82) is 0 Å². The summed E-state index contributed by atoms with van der Waals surface area (Å²) in [5.74, 6) is -0.791. The fraction of sp³-hybridized carbons (Fsp3) is 0.304. The Morgan fingerprint density at radius 3 is 2.64 bits per heavy atom. The van der Waals surface area contributed by atoms with Crippen molar-refractivity contribution in [3.8, 4) is 0 Å². The lowest BCUT2D eigenvalue weighted by molar-refractivity contribution is 0.0600. The Bertz CT molecular complexity index is 1360. The average Bonchev–Trinajstić information content (AvgIpc) is 3.14. The van der Waals surface area contributed by atoms with Gasteiger partial charge >= 0.3 is 5.97 Å². The minimum atomic E-state index is -3.78. The predicted octanol–water partition coefficient (Wildman–Crippen LogP) is 3.49. The number of hydrogen-bond acceptors (Lipinski definition) is 5. The Morgan fingerprint density at radius 1 is 1.18 bits per heavy atom. The van der Waals surface area contributed by atoms with E-state index in [9.17, 15) is 18.0 Å². The van der Waals surface area contributed by atoms with E-state index >= 15 is 0 Å². The summed E-state index contributed by atoms with van der Waals surface area (Å²) in [6.07, 6.45) is 0.591. The number of carbonyl (C=O) groups excluding carboxylic acids is 2. The standard InChI is InChI=1S/C23H24ClN3O5S/c1-13(2)26-33(30,31)15-5-6-19(24)17(11-15)22(28)27-9-8-21-18(12-27)16-10-14(23(29)32-3)4-7-20(16)25-21/h4-7,10-11,13,25-26H,8-9,12H2,1-3H3. The quantitative estimate of drug-likeness (QED) is 0.533. The molecule has 0 unspecified atom stereocenters. The molecular formula is C23H24ClN3O5S. The normalized spacial score (nSPS) is 13.9. The van der Waals surface area contributed by atoms with Crippen molar-refractivity contribution in [3.63, 3.8) is 0 Å². The van der Waals surface area contributed by atoms with Gasteiger partial charge in [0.05, 0.1) is 28.2 Å². The number of nitrogens with zero attached hydrogens (tertiary/aromatic N) is 1. The number of aromatic amines is 1. The molecule has 0 aliphatic carbocycles. The van der Waals surface area contributed by atoms with Crippen molar-refractivity contribution in [3.05, 3.63) is 63.8 Å². The zero-order valence-electron chi connectivity index (χ0n) is 18.4. The highest BCUT2D eigenvalue weighted by Crippen LogP contribution is 2.31. The van der Waals surface area contributed by atoms with Crippen molar-refractivity contribution in [1.82, 2.24) is 14.6 Å². The molecule has 2 aromatic carbocycles. The summed E-state index contributed by atoms with van der Waals surface area (Å²) in [5.41, 5.74) is 3.33. The molecule has 4 rings (SSSR count). The summed E-state index contributed by atoms with van der Waals surface area (Å²) >= 11 is 6.29. The van der Waals surface area contributed by atoms with Crippen LogP contribution in [-0.2, 0) is 27.7 Å². The summed E-state index contributed by atoms with van der Waals surface area (Å²) < 4.78 is 32.5. The van der Waals surface area contributed by atoms with Crippen molar-refractivity contribution in [2.24, 2.45) is 0 Å². The maximum Gasteiger partial charge on any atom is 0.337 e. The molecule has 0 saturated heterocycles. The number of benzene rings is 2. The monoisotopic (exact) mass is 489 g/mol. The first-order valence-corrected chi connectivity index (χ1v) is 12.3. The molecule has 174 valence electrons. The molecule has 0 spiro atoms. The smallest absolute Gasteiger partial charge is 0.337 e. The third-order valence-corrected chi connectivity index (χ3v) is 7.54. The first kappa shape index (κ1) is 23.3. The molecule has 1 aliphatic heterocycles. The number of methoxy groups -OCH3 is 1. The number of halogens is 1. The molecule has 1 aromatic heterocycles. The first-order valence-electron chi connectivity index (χ1n) is 10.4. The van der Waals surface area contributed by atoms with E-state index in [1.54, 1.807) is 30.9 Å². The molecule has 0 saturated carbocycles. The zero-order chi connectivity index (χ0) is 23.9. The Balaban J connectivity index is 1.67. The second-order valence-corrected chi connectivity index (χ2v) is 10.3. The highest BCUT2D eigenvalue weighted by molar-refractivity contribution is 7.89. The van der Waals surface area contributed by atoms with E-state index in [-0.39, 0.29) is 27.4 Å². The van der Waals surface area contributed by atoms with Crippen LogP contribution in [0.5, 0.6) is 0 Å². The highest BCUT2D eigenvalue weighted by Gasteiger charge is 2.28. The Kier molecular flexibility index (Phi) is 6.22. The van der Waals surface area contributed by atoms with Gasteiger partial charge < -0.3 is 14.6 Å². The van der Waals surface area contributed by atoms with E-state index in [1.165, 1.54) is 25.3 Å². The van der Waals surface area contributed by atoms with Gasteiger partial charge in [-0.3, -0.25) is 4.79 Å². The van der Waals surface area contributed by atoms with Gasteiger partial charge in [0.15, 0.2) is 0 Å². The fourth-order valence-electron chi connectivity index (χ4n) is 4.02. The lowest BCUT2D eigenvalue weighted by Gasteiger charge is -2.28. The Hall–Kier alpha value is -2.88. The van der Waals surface area contributed by atoms with Crippen LogP contribution in [-0.4, -0.2) is 49.9 Å². The number of aromatic nitrogens is 1. The van der Waals surface area contributed by atoms with Crippen LogP contribution in [0.1, 0.15) is 45.8 Å². The van der Waals surface area contributed by atoms with Gasteiger partial charge in [0, 0.05) is 47.7 Å². The molecular weight excluding hydrogens is 466 g/mol. The second kappa shape index (κ2) is 8.81. The topological polar surface area (TPSA) is 109 Å². The number of ether oxygens (including phenoxy) is 1. The largest absolute Gasteiger partial charge is 0.465 e. The van der Waals surface area contributed by atoms with Crippen LogP contribution < -0.4 is 4.72 Å². The van der Waals surface area contributed by atoms with Gasteiger partial charge in [0.2, 0.25) is 10.0 Å². The maximum atomic E-state index is 13.4. The highest BCUT2D eigenvalue weighted by atomic mass is 35.5. The lowest BCUT2D eigenvalue weighted by Crippen LogP contribution is -2.36. The molecule has 0 fully saturated rings. The Morgan fingerprint density at radius 2 is 1.94 bits per heavy atom. The third-order valence-electron chi connectivity index (χ3n) is 5.55. The molecule has 0 bridgehead atoms. The molecule has 0 radical (unpaired) electrons. The van der Waals surface area contributed by atoms with E-state index in [1.807, 2.05) is 6.07 Å². The van der Waals surface area contributed by atoms with Crippen molar-refractivity contribution >= 4 is 44.4 Å². The van der Waals surface area contributed by atoms with Gasteiger partial charge in [0.1, 0.15) is 0 Å². The summed E-state index contributed by atoms with van der Waals surface area (Å²) in [6, 6.07) is 9.09. The van der Waals surface area contributed by atoms with Gasteiger partial charge in [-0.1, -0.05) is 11.6 Å². The number of nitrogens with one attached hydrogen (secondary N) is 2. The van der Waals surface area contributed by atoms with Gasteiger partial charge in [0.25, 0.3) is 5.91 Å². The van der Waals surface area contributed by atoms with Crippen LogP contribution in [0.25, 0.3) is 10.9 Å². The molecule has 33 heavy (non-hydrogen) atoms. The zero-order valence-corrected chi connectivity index (χ0v) is 20.0. The summed E-state index contributed by atoms with van der Waals surface area (Å²) in [5, 5.41) is 1.02. The Labute approximate surface area is 196 Å². The predicted molar refractivity (Wildman–Crippen MR) is 125 cm³/mol. The second-order valence-electron chi connectivity index (χ2n) is 8.23. The number of carbonyl (C=O) groups is 2. The van der Waals surface area contributed by atoms with Crippen LogP contribution >= 0.6 is 11.6 Å². The van der Waals surface area contributed by atoms with Gasteiger partial charge in [-0.15, -0.1) is 0 Å². The van der Waals surface area contributed by atoms with Gasteiger partial charge in [-0.05, 0) is 50.2 Å². The molecule has 10 heteroatoms. The number of sulfonamides is 1. The van der Waals surface area contributed by atoms with E-state index in [0.29, 0.717) is 25.1 Å². The van der Waals surface area contributed by atoms with E-state index < -0.39 is 16.0 Å². The number of rotatable bonds is 5. The SMILES string of the molecule is COC(=O)c1ccc2[nH]c3c(c2c1)CN(C(=O)c1cc(S(=O)(=O)NC(C)C)ccc1Cl)CC3. The van der Waals surface area contributed by atoms with Crippen LogP contribution in [0.15, 0.2) is 41.3 Å². The van der Waals surface area contributed by atoms with Crippen molar-refractivity contribution < 1.29 is 22.7 Å². The third kappa shape index (κ3) is 4.48. The van der Waals surface area contributed by atoms with Crippen LogP contribution in [0, 0.1) is 0 Å². The summed E-state index contributed by atoms with van der Waals surface area (Å²) in [6.45, 7) is 4.19. The summed E-state index contributed by atoms with van der Waals surface area (Å²) in [4.78, 5) is 30.3. The van der Waals surface area contributed by atoms with Crippen LogP contribution in [0.2, 0.25) is 5.02 Å². The van der Waals surface area contributed by atoms with Crippen molar-refractivity contribution in [2.75, 3.05) is 13.7 Å². The first-order chi connectivity index (χ1) is 15.6.